The predicted octanol–water partition coefficient (Wildman–Crippen LogP) is 3.86. The van der Waals surface area contributed by atoms with Gasteiger partial charge in [0.05, 0.1) is 34.2 Å². The number of halogens is 3. The number of benzene rings is 1. The minimum absolute atomic E-state index is 0.0724. The van der Waals surface area contributed by atoms with Gasteiger partial charge in [-0.25, -0.2) is 14.4 Å². The molecule has 0 saturated carbocycles. The molecule has 198 valence electrons. The van der Waals surface area contributed by atoms with E-state index in [0.29, 0.717) is 42.0 Å². The van der Waals surface area contributed by atoms with Crippen LogP contribution in [0.5, 0.6) is 0 Å². The number of nitrogens with one attached hydrogen (secondary N) is 2. The lowest BCUT2D eigenvalue weighted by Gasteiger charge is -2.33. The van der Waals surface area contributed by atoms with Crippen molar-refractivity contribution in [2.45, 2.75) is 38.3 Å². The van der Waals surface area contributed by atoms with E-state index in [1.165, 1.54) is 48.4 Å². The number of hydrogen-bond acceptors (Lipinski definition) is 7. The lowest BCUT2D eigenvalue weighted by atomic mass is 9.92. The first-order valence-electron chi connectivity index (χ1n) is 12.0. The number of hydrogen-bond donors (Lipinski definition) is 2. The third-order valence-electron chi connectivity index (χ3n) is 6.85. The van der Waals surface area contributed by atoms with Gasteiger partial charge in [0.25, 0.3) is 0 Å². The first kappa shape index (κ1) is 24.8. The van der Waals surface area contributed by atoms with Crippen LogP contribution in [0.25, 0.3) is 22.5 Å². The van der Waals surface area contributed by atoms with Gasteiger partial charge >= 0.3 is 0 Å². The number of pyridine rings is 1. The summed E-state index contributed by atoms with van der Waals surface area (Å²) < 4.78 is 31.3. The zero-order valence-electron chi connectivity index (χ0n) is 20.4. The lowest BCUT2D eigenvalue weighted by Crippen LogP contribution is -2.39. The molecule has 2 aliphatic heterocycles. The van der Waals surface area contributed by atoms with Gasteiger partial charge in [-0.1, -0.05) is 11.6 Å². The first-order chi connectivity index (χ1) is 18.8. The molecule has 14 heteroatoms. The minimum Gasteiger partial charge on any atom is -0.340 e. The Morgan fingerprint density at radius 2 is 2.05 bits per heavy atom. The standard InChI is InChI=1S/C25H20ClF2N9O2/c1-12(38)31-20-7-3-15(24(28)33-20)17-10-29-25(32-17)19-5-2-14-8-13(9-21(39)37(14)19)22-18(36-11-30-34-35-36)6-4-16(26)23(22)27/h3-4,6-7,9-11,14,19H,2,5,8H2,1H3,(H,29,32)(H,31,33,38)/t14?,19-/m0/s1. The second-order valence-electron chi connectivity index (χ2n) is 9.27. The monoisotopic (exact) mass is 551 g/mol. The van der Waals surface area contributed by atoms with Crippen LogP contribution in [0.1, 0.15) is 43.6 Å². The molecule has 1 saturated heterocycles. The van der Waals surface area contributed by atoms with Crippen molar-refractivity contribution >= 4 is 34.8 Å². The fourth-order valence-electron chi connectivity index (χ4n) is 5.23. The van der Waals surface area contributed by atoms with Gasteiger partial charge in [-0.3, -0.25) is 9.59 Å². The van der Waals surface area contributed by atoms with Crippen LogP contribution in [0.4, 0.5) is 14.6 Å². The summed E-state index contributed by atoms with van der Waals surface area (Å²) in [5, 5.41) is 13.5. The lowest BCUT2D eigenvalue weighted by molar-refractivity contribution is -0.129. The minimum atomic E-state index is -0.774. The van der Waals surface area contributed by atoms with Crippen molar-refractivity contribution < 1.29 is 18.4 Å². The molecule has 5 heterocycles. The van der Waals surface area contributed by atoms with E-state index in [1.807, 2.05) is 0 Å². The van der Waals surface area contributed by atoms with Crippen LogP contribution in [-0.2, 0) is 9.59 Å². The second kappa shape index (κ2) is 9.66. The fraction of sp³-hybridized carbons (Fsp3) is 0.240. The SMILES string of the molecule is CC(=O)Nc1ccc(-c2cnc([C@@H]3CCC4CC(c5c(-n6cnnn6)ccc(Cl)c5F)=CC(=O)N43)[nH]2)c(F)n1. The largest absolute Gasteiger partial charge is 0.340 e. The molecule has 0 radical (unpaired) electrons. The van der Waals surface area contributed by atoms with Gasteiger partial charge in [0.1, 0.15) is 18.0 Å². The molecule has 2 amide bonds. The zero-order chi connectivity index (χ0) is 27.3. The fourth-order valence-corrected chi connectivity index (χ4v) is 5.39. The molecule has 6 rings (SSSR count). The number of tetrazole rings is 1. The van der Waals surface area contributed by atoms with Crippen LogP contribution in [0.2, 0.25) is 5.02 Å². The highest BCUT2D eigenvalue weighted by molar-refractivity contribution is 6.31. The summed E-state index contributed by atoms with van der Waals surface area (Å²) in [4.78, 5) is 37.7. The van der Waals surface area contributed by atoms with Gasteiger partial charge in [-0.05, 0) is 59.5 Å². The molecule has 2 aliphatic rings. The van der Waals surface area contributed by atoms with Crippen molar-refractivity contribution in [3.8, 4) is 16.9 Å². The van der Waals surface area contributed by atoms with Crippen molar-refractivity contribution in [1.29, 1.82) is 0 Å². The smallest absolute Gasteiger partial charge is 0.247 e. The molecule has 11 nitrogen and oxygen atoms in total. The quantitative estimate of drug-likeness (QED) is 0.360. The van der Waals surface area contributed by atoms with Gasteiger partial charge in [0, 0.05) is 24.6 Å². The predicted molar refractivity (Wildman–Crippen MR) is 135 cm³/mol. The summed E-state index contributed by atoms with van der Waals surface area (Å²) in [5.41, 5.74) is 1.62. The Morgan fingerprint density at radius 1 is 1.21 bits per heavy atom. The molecule has 0 spiro atoms. The normalized spacial score (nSPS) is 18.7. The number of fused-ring (bicyclic) bond motifs is 1. The number of rotatable bonds is 5. The van der Waals surface area contributed by atoms with E-state index in [-0.39, 0.29) is 45.9 Å². The van der Waals surface area contributed by atoms with Gasteiger partial charge in [-0.15, -0.1) is 5.10 Å². The molecule has 1 unspecified atom stereocenters. The summed E-state index contributed by atoms with van der Waals surface area (Å²) in [6, 6.07) is 5.43. The molecule has 2 N–H and O–H groups in total. The van der Waals surface area contributed by atoms with E-state index in [0.717, 1.165) is 0 Å². The Balaban J connectivity index is 1.29. The number of anilines is 1. The average Bonchev–Trinajstić information content (AvgIpc) is 3.66. The summed E-state index contributed by atoms with van der Waals surface area (Å²) in [7, 11) is 0. The third-order valence-corrected chi connectivity index (χ3v) is 7.15. The summed E-state index contributed by atoms with van der Waals surface area (Å²) in [6.45, 7) is 1.31. The van der Waals surface area contributed by atoms with Crippen LogP contribution in [0.3, 0.4) is 0 Å². The maximum absolute atomic E-state index is 15.3. The Labute approximate surface area is 224 Å². The molecular weight excluding hydrogens is 532 g/mol. The van der Waals surface area contributed by atoms with Crippen molar-refractivity contribution in [2.75, 3.05) is 5.32 Å². The van der Waals surface area contributed by atoms with E-state index >= 15 is 4.39 Å². The Morgan fingerprint density at radius 3 is 2.79 bits per heavy atom. The molecule has 4 aromatic rings. The number of nitrogens with zero attached hydrogens (tertiary/aromatic N) is 7. The molecular formula is C25H20ClF2N9O2. The van der Waals surface area contributed by atoms with E-state index in [9.17, 15) is 14.0 Å². The van der Waals surface area contributed by atoms with E-state index in [2.05, 4.69) is 35.8 Å². The van der Waals surface area contributed by atoms with Crippen LogP contribution in [0.15, 0.2) is 42.9 Å². The Hall–Kier alpha value is -4.52. The zero-order valence-corrected chi connectivity index (χ0v) is 21.2. The highest BCUT2D eigenvalue weighted by Gasteiger charge is 2.42. The summed E-state index contributed by atoms with van der Waals surface area (Å²) in [5.74, 6) is -1.47. The third kappa shape index (κ3) is 4.44. The summed E-state index contributed by atoms with van der Waals surface area (Å²) >= 11 is 6.09. The Kier molecular flexibility index (Phi) is 6.14. The molecule has 3 aromatic heterocycles. The van der Waals surface area contributed by atoms with Gasteiger partial charge in [0.15, 0.2) is 5.82 Å². The number of amides is 2. The second-order valence-corrected chi connectivity index (χ2v) is 9.68. The highest BCUT2D eigenvalue weighted by atomic mass is 35.5. The number of H-pyrrole nitrogens is 1. The van der Waals surface area contributed by atoms with Crippen LogP contribution in [0, 0.1) is 11.8 Å². The molecule has 39 heavy (non-hydrogen) atoms. The van der Waals surface area contributed by atoms with Crippen LogP contribution >= 0.6 is 11.6 Å². The van der Waals surface area contributed by atoms with Gasteiger partial charge in [0.2, 0.25) is 17.8 Å². The van der Waals surface area contributed by atoms with E-state index in [1.54, 1.807) is 11.0 Å². The molecule has 1 fully saturated rings. The molecule has 0 aliphatic carbocycles. The maximum Gasteiger partial charge on any atom is 0.247 e. The van der Waals surface area contributed by atoms with Crippen molar-refractivity contribution in [1.82, 2.24) is 40.1 Å². The topological polar surface area (TPSA) is 135 Å². The molecule has 1 aromatic carbocycles. The van der Waals surface area contributed by atoms with E-state index in [4.69, 9.17) is 11.6 Å². The number of aromatic nitrogens is 7. The Bertz CT molecular complexity index is 1640. The molecule has 2 atom stereocenters. The number of carbonyl (C=O) groups is 2. The van der Waals surface area contributed by atoms with Crippen LogP contribution < -0.4 is 5.32 Å². The van der Waals surface area contributed by atoms with Gasteiger partial charge < -0.3 is 15.2 Å². The summed E-state index contributed by atoms with van der Waals surface area (Å²) in [6.07, 6.45) is 5.90. The number of imidazole rings is 1. The molecule has 0 bridgehead atoms. The van der Waals surface area contributed by atoms with E-state index < -0.39 is 11.8 Å². The highest BCUT2D eigenvalue weighted by Crippen LogP contribution is 2.44. The number of carbonyl (C=O) groups excluding carboxylic acids is 2. The van der Waals surface area contributed by atoms with Crippen molar-refractivity contribution in [2.24, 2.45) is 0 Å². The van der Waals surface area contributed by atoms with Crippen molar-refractivity contribution in [3.63, 3.8) is 0 Å². The maximum atomic E-state index is 15.3. The average molecular weight is 552 g/mol. The van der Waals surface area contributed by atoms with Crippen LogP contribution in [-0.4, -0.2) is 57.9 Å². The van der Waals surface area contributed by atoms with Gasteiger partial charge in [-0.2, -0.15) is 9.07 Å². The number of aromatic amines is 1. The first-order valence-corrected chi connectivity index (χ1v) is 12.4. The van der Waals surface area contributed by atoms with Crippen molar-refractivity contribution in [3.05, 3.63) is 71.0 Å².